The number of hydrogen-bond acceptors (Lipinski definition) is 5. The summed E-state index contributed by atoms with van der Waals surface area (Å²) in [6.45, 7) is 2.59. The average molecular weight is 394 g/mol. The zero-order chi connectivity index (χ0) is 20.7. The first-order valence-electron chi connectivity index (χ1n) is 10.1. The number of nitrogens with two attached hydrogens (primary N) is 1. The van der Waals surface area contributed by atoms with Crippen LogP contribution in [0, 0.1) is 5.82 Å². The standard InChI is InChI=1S/C20H32BFN2O4/c1-21(27)11-4-3-9-20(23,19(25)26)10-5-12-24(2)17-8-13-28-18-7-6-15(22)14-16(17)18/h6-7,14,17,27H,3-5,8-13,23H2,1-2H3,(H,25,26). The van der Waals surface area contributed by atoms with Crippen LogP contribution in [0.2, 0.25) is 13.1 Å². The third-order valence-corrected chi connectivity index (χ3v) is 5.57. The lowest BCUT2D eigenvalue weighted by atomic mass is 9.66. The molecule has 1 aromatic carbocycles. The molecule has 2 unspecified atom stereocenters. The smallest absolute Gasteiger partial charge is 0.323 e. The molecule has 1 heterocycles. The molecule has 1 aromatic rings. The number of unbranched alkanes of at least 4 members (excludes halogenated alkanes) is 1. The van der Waals surface area contributed by atoms with Crippen molar-refractivity contribution in [2.24, 2.45) is 5.73 Å². The fourth-order valence-electron chi connectivity index (χ4n) is 3.82. The Labute approximate surface area is 167 Å². The lowest BCUT2D eigenvalue weighted by molar-refractivity contribution is -0.144. The summed E-state index contributed by atoms with van der Waals surface area (Å²) < 4.78 is 19.3. The number of benzene rings is 1. The first kappa shape index (κ1) is 22.7. The number of halogens is 1. The highest BCUT2D eigenvalue weighted by molar-refractivity contribution is 6.48. The summed E-state index contributed by atoms with van der Waals surface area (Å²) in [5, 5.41) is 18.9. The van der Waals surface area contributed by atoms with E-state index in [1.807, 2.05) is 7.05 Å². The second-order valence-electron chi connectivity index (χ2n) is 7.98. The van der Waals surface area contributed by atoms with E-state index >= 15 is 0 Å². The Hall–Kier alpha value is -1.64. The second-order valence-corrected chi connectivity index (χ2v) is 7.98. The molecule has 0 bridgehead atoms. The third-order valence-electron chi connectivity index (χ3n) is 5.57. The molecule has 0 radical (unpaired) electrons. The van der Waals surface area contributed by atoms with Gasteiger partial charge in [0, 0.05) is 18.0 Å². The molecular formula is C20H32BFN2O4. The second kappa shape index (κ2) is 10.2. The van der Waals surface area contributed by atoms with Gasteiger partial charge in [-0.15, -0.1) is 0 Å². The molecule has 0 aliphatic carbocycles. The molecule has 4 N–H and O–H groups in total. The number of aliphatic carboxylic acids is 1. The quantitative estimate of drug-likeness (QED) is 0.395. The van der Waals surface area contributed by atoms with E-state index in [4.69, 9.17) is 10.5 Å². The van der Waals surface area contributed by atoms with Gasteiger partial charge in [-0.3, -0.25) is 9.69 Å². The van der Waals surface area contributed by atoms with E-state index in [9.17, 15) is 19.3 Å². The van der Waals surface area contributed by atoms with Gasteiger partial charge in [0.1, 0.15) is 17.1 Å². The normalized spacial score (nSPS) is 18.3. The Morgan fingerprint density at radius 3 is 2.79 bits per heavy atom. The van der Waals surface area contributed by atoms with Gasteiger partial charge in [0.15, 0.2) is 0 Å². The Bertz CT molecular complexity index is 661. The van der Waals surface area contributed by atoms with Crippen molar-refractivity contribution in [3.8, 4) is 5.75 Å². The topological polar surface area (TPSA) is 96.0 Å². The molecule has 2 rings (SSSR count). The van der Waals surface area contributed by atoms with Crippen LogP contribution in [-0.4, -0.2) is 53.7 Å². The fraction of sp³-hybridized carbons (Fsp3) is 0.650. The van der Waals surface area contributed by atoms with Gasteiger partial charge in [-0.1, -0.05) is 19.7 Å². The van der Waals surface area contributed by atoms with Crippen molar-refractivity contribution in [1.29, 1.82) is 0 Å². The van der Waals surface area contributed by atoms with Gasteiger partial charge in [0.05, 0.1) is 6.61 Å². The number of rotatable bonds is 11. The van der Waals surface area contributed by atoms with Gasteiger partial charge in [-0.05, 0) is 57.4 Å². The van der Waals surface area contributed by atoms with Crippen LogP contribution in [0.25, 0.3) is 0 Å². The average Bonchev–Trinajstić information content (AvgIpc) is 2.64. The number of ether oxygens (including phenoxy) is 1. The van der Waals surface area contributed by atoms with E-state index < -0.39 is 11.5 Å². The SMILES string of the molecule is CB(O)CCCCC(N)(CCCN(C)C1CCOc2ccc(F)cc21)C(=O)O. The lowest BCUT2D eigenvalue weighted by Crippen LogP contribution is -2.48. The largest absolute Gasteiger partial charge is 0.493 e. The summed E-state index contributed by atoms with van der Waals surface area (Å²) in [4.78, 5) is 13.8. The molecule has 156 valence electrons. The Balaban J connectivity index is 1.88. The lowest BCUT2D eigenvalue weighted by Gasteiger charge is -2.34. The van der Waals surface area contributed by atoms with Gasteiger partial charge in [0.25, 0.3) is 6.92 Å². The molecule has 2 atom stereocenters. The zero-order valence-corrected chi connectivity index (χ0v) is 16.9. The summed E-state index contributed by atoms with van der Waals surface area (Å²) in [5.41, 5.74) is 5.76. The maximum Gasteiger partial charge on any atom is 0.323 e. The summed E-state index contributed by atoms with van der Waals surface area (Å²) in [5.74, 6) is -0.557. The van der Waals surface area contributed by atoms with Crippen LogP contribution in [0.15, 0.2) is 18.2 Å². The fourth-order valence-corrected chi connectivity index (χ4v) is 3.82. The van der Waals surface area contributed by atoms with Crippen LogP contribution in [0.3, 0.4) is 0 Å². The molecule has 6 nitrogen and oxygen atoms in total. The van der Waals surface area contributed by atoms with Crippen molar-refractivity contribution in [3.63, 3.8) is 0 Å². The van der Waals surface area contributed by atoms with Crippen molar-refractivity contribution >= 4 is 12.9 Å². The van der Waals surface area contributed by atoms with Crippen molar-refractivity contribution in [2.45, 2.75) is 63.2 Å². The Morgan fingerprint density at radius 2 is 2.11 bits per heavy atom. The molecule has 0 saturated heterocycles. The number of nitrogens with zero attached hydrogens (tertiary/aromatic N) is 1. The molecule has 8 heteroatoms. The van der Waals surface area contributed by atoms with Gasteiger partial charge in [0.2, 0.25) is 0 Å². The molecule has 28 heavy (non-hydrogen) atoms. The van der Waals surface area contributed by atoms with Gasteiger partial charge < -0.3 is 20.6 Å². The van der Waals surface area contributed by atoms with Crippen LogP contribution < -0.4 is 10.5 Å². The monoisotopic (exact) mass is 394 g/mol. The van der Waals surface area contributed by atoms with E-state index in [-0.39, 0.29) is 18.8 Å². The van der Waals surface area contributed by atoms with E-state index in [1.165, 1.54) is 12.1 Å². The van der Waals surface area contributed by atoms with E-state index in [0.29, 0.717) is 50.9 Å². The van der Waals surface area contributed by atoms with E-state index in [1.54, 1.807) is 12.9 Å². The summed E-state index contributed by atoms with van der Waals surface area (Å²) in [7, 11) is 1.96. The van der Waals surface area contributed by atoms with Crippen LogP contribution in [0.4, 0.5) is 4.39 Å². The predicted molar refractivity (Wildman–Crippen MR) is 108 cm³/mol. The summed E-state index contributed by atoms with van der Waals surface area (Å²) in [6, 6.07) is 4.62. The molecule has 0 spiro atoms. The van der Waals surface area contributed by atoms with Crippen molar-refractivity contribution in [2.75, 3.05) is 20.2 Å². The van der Waals surface area contributed by atoms with Crippen LogP contribution in [0.5, 0.6) is 5.75 Å². The highest BCUT2D eigenvalue weighted by Crippen LogP contribution is 2.36. The first-order valence-corrected chi connectivity index (χ1v) is 10.1. The Kier molecular flexibility index (Phi) is 8.28. The predicted octanol–water partition coefficient (Wildman–Crippen LogP) is 2.93. The van der Waals surface area contributed by atoms with Crippen molar-refractivity contribution in [3.05, 3.63) is 29.6 Å². The highest BCUT2D eigenvalue weighted by Gasteiger charge is 2.33. The van der Waals surface area contributed by atoms with Gasteiger partial charge >= 0.3 is 5.97 Å². The molecule has 0 amide bonds. The van der Waals surface area contributed by atoms with Crippen molar-refractivity contribution < 1.29 is 24.1 Å². The minimum absolute atomic E-state index is 0.0440. The van der Waals surface area contributed by atoms with E-state index in [2.05, 4.69) is 4.90 Å². The van der Waals surface area contributed by atoms with Gasteiger partial charge in [-0.2, -0.15) is 0 Å². The Morgan fingerprint density at radius 1 is 1.39 bits per heavy atom. The molecular weight excluding hydrogens is 362 g/mol. The summed E-state index contributed by atoms with van der Waals surface area (Å²) >= 11 is 0. The molecule has 0 aromatic heterocycles. The third kappa shape index (κ3) is 6.19. The van der Waals surface area contributed by atoms with Crippen LogP contribution >= 0.6 is 0 Å². The minimum Gasteiger partial charge on any atom is -0.493 e. The molecule has 0 saturated carbocycles. The van der Waals surface area contributed by atoms with Crippen LogP contribution in [0.1, 0.15) is 50.1 Å². The number of carboxylic acids is 1. The maximum absolute atomic E-state index is 13.7. The first-order chi connectivity index (χ1) is 13.2. The number of carbonyl (C=O) groups is 1. The van der Waals surface area contributed by atoms with Gasteiger partial charge in [-0.25, -0.2) is 4.39 Å². The zero-order valence-electron chi connectivity index (χ0n) is 16.9. The highest BCUT2D eigenvalue weighted by atomic mass is 19.1. The number of hydrogen-bond donors (Lipinski definition) is 3. The van der Waals surface area contributed by atoms with E-state index in [0.717, 1.165) is 18.4 Å². The number of carboxylic acid groups (broad SMARTS) is 1. The van der Waals surface area contributed by atoms with Crippen molar-refractivity contribution in [1.82, 2.24) is 4.90 Å². The minimum atomic E-state index is -1.25. The molecule has 1 aliphatic rings. The maximum atomic E-state index is 13.7. The molecule has 0 fully saturated rings. The number of fused-ring (bicyclic) bond motifs is 1. The molecule has 1 aliphatic heterocycles. The van der Waals surface area contributed by atoms with Crippen LogP contribution in [-0.2, 0) is 4.79 Å². The summed E-state index contributed by atoms with van der Waals surface area (Å²) in [6.07, 6.45) is 4.25.